The molecule has 0 fully saturated rings. The summed E-state index contributed by atoms with van der Waals surface area (Å²) in [5, 5.41) is 8.56. The second-order valence-corrected chi connectivity index (χ2v) is 5.83. The highest BCUT2D eigenvalue weighted by Gasteiger charge is 2.15. The van der Waals surface area contributed by atoms with Crippen LogP contribution in [0.2, 0.25) is 0 Å². The van der Waals surface area contributed by atoms with E-state index in [1.807, 2.05) is 6.92 Å². The summed E-state index contributed by atoms with van der Waals surface area (Å²) >= 11 is 0. The first kappa shape index (κ1) is 15.4. The van der Waals surface area contributed by atoms with Gasteiger partial charge < -0.3 is 5.11 Å². The Balaban J connectivity index is 3.13. The van der Waals surface area contributed by atoms with Gasteiger partial charge in [-0.05, 0) is 36.6 Å². The lowest BCUT2D eigenvalue weighted by Crippen LogP contribution is -2.25. The van der Waals surface area contributed by atoms with E-state index in [0.29, 0.717) is 24.1 Å². The molecule has 0 unspecified atom stereocenters. The quantitative estimate of drug-likeness (QED) is 0.779. The molecule has 1 rings (SSSR count). The SMILES string of the molecule is CCCNS(=O)(=O)c1cc(/C=C/C(=O)O)ccc1C. The van der Waals surface area contributed by atoms with Crippen LogP contribution < -0.4 is 4.72 Å². The third kappa shape index (κ3) is 4.50. The van der Waals surface area contributed by atoms with Gasteiger partial charge in [0.15, 0.2) is 0 Å². The van der Waals surface area contributed by atoms with Crippen LogP contribution in [0.3, 0.4) is 0 Å². The van der Waals surface area contributed by atoms with E-state index in [1.165, 1.54) is 12.1 Å². The Morgan fingerprint density at radius 3 is 2.68 bits per heavy atom. The lowest BCUT2D eigenvalue weighted by molar-refractivity contribution is -0.131. The van der Waals surface area contributed by atoms with E-state index in [0.717, 1.165) is 6.08 Å². The summed E-state index contributed by atoms with van der Waals surface area (Å²) in [7, 11) is -3.55. The van der Waals surface area contributed by atoms with E-state index in [-0.39, 0.29) is 4.90 Å². The summed E-state index contributed by atoms with van der Waals surface area (Å²) in [5.41, 5.74) is 1.15. The summed E-state index contributed by atoms with van der Waals surface area (Å²) in [6.45, 7) is 3.95. The second-order valence-electron chi connectivity index (χ2n) is 4.09. The van der Waals surface area contributed by atoms with Crippen molar-refractivity contribution in [1.82, 2.24) is 4.72 Å². The van der Waals surface area contributed by atoms with Gasteiger partial charge in [0.05, 0.1) is 4.90 Å². The molecule has 0 radical (unpaired) electrons. The molecule has 5 nitrogen and oxygen atoms in total. The smallest absolute Gasteiger partial charge is 0.328 e. The first-order chi connectivity index (χ1) is 8.86. The Bertz CT molecular complexity index is 591. The molecular formula is C13H17NO4S. The number of aryl methyl sites for hydroxylation is 1. The summed E-state index contributed by atoms with van der Waals surface area (Å²) < 4.78 is 26.6. The summed E-state index contributed by atoms with van der Waals surface area (Å²) in [6, 6.07) is 4.79. The van der Waals surface area contributed by atoms with Crippen LogP contribution in [0, 0.1) is 6.92 Å². The zero-order valence-corrected chi connectivity index (χ0v) is 11.7. The van der Waals surface area contributed by atoms with Crippen molar-refractivity contribution in [2.24, 2.45) is 0 Å². The van der Waals surface area contributed by atoms with Crippen molar-refractivity contribution >= 4 is 22.1 Å². The highest BCUT2D eigenvalue weighted by Crippen LogP contribution is 2.17. The molecule has 104 valence electrons. The Morgan fingerprint density at radius 1 is 1.42 bits per heavy atom. The summed E-state index contributed by atoms with van der Waals surface area (Å²) in [6.07, 6.45) is 3.04. The fourth-order valence-corrected chi connectivity index (χ4v) is 2.90. The van der Waals surface area contributed by atoms with Crippen LogP contribution >= 0.6 is 0 Å². The topological polar surface area (TPSA) is 83.5 Å². The van der Waals surface area contributed by atoms with E-state index in [2.05, 4.69) is 4.72 Å². The first-order valence-corrected chi connectivity index (χ1v) is 7.36. The molecule has 2 N–H and O–H groups in total. The molecule has 0 heterocycles. The standard InChI is InChI=1S/C13H17NO4S/c1-3-8-14-19(17,18)12-9-11(5-4-10(12)2)6-7-13(15)16/h4-7,9,14H,3,8H2,1-2H3,(H,15,16)/b7-6+. The van der Waals surface area contributed by atoms with Gasteiger partial charge in [0.2, 0.25) is 10.0 Å². The molecule has 0 aromatic heterocycles. The first-order valence-electron chi connectivity index (χ1n) is 5.88. The van der Waals surface area contributed by atoms with Gasteiger partial charge in [-0.25, -0.2) is 17.9 Å². The maximum absolute atomic E-state index is 12.1. The van der Waals surface area contributed by atoms with Gasteiger partial charge in [0.25, 0.3) is 0 Å². The molecular weight excluding hydrogens is 266 g/mol. The number of hydrogen-bond acceptors (Lipinski definition) is 3. The Kier molecular flexibility index (Phi) is 5.26. The maximum Gasteiger partial charge on any atom is 0.328 e. The second kappa shape index (κ2) is 6.49. The average Bonchev–Trinajstić information content (AvgIpc) is 2.35. The van der Waals surface area contributed by atoms with Crippen molar-refractivity contribution in [1.29, 1.82) is 0 Å². The monoisotopic (exact) mass is 283 g/mol. The summed E-state index contributed by atoms with van der Waals surface area (Å²) in [4.78, 5) is 10.6. The maximum atomic E-state index is 12.1. The van der Waals surface area contributed by atoms with Crippen molar-refractivity contribution in [3.8, 4) is 0 Å². The average molecular weight is 283 g/mol. The highest BCUT2D eigenvalue weighted by atomic mass is 32.2. The fourth-order valence-electron chi connectivity index (χ4n) is 1.49. The van der Waals surface area contributed by atoms with Gasteiger partial charge in [-0.3, -0.25) is 0 Å². The molecule has 0 amide bonds. The Morgan fingerprint density at radius 2 is 2.11 bits per heavy atom. The molecule has 0 atom stereocenters. The number of hydrogen-bond donors (Lipinski definition) is 2. The van der Waals surface area contributed by atoms with E-state index in [9.17, 15) is 13.2 Å². The number of carbonyl (C=O) groups is 1. The van der Waals surface area contributed by atoms with Gasteiger partial charge in [0, 0.05) is 12.6 Å². The third-order valence-corrected chi connectivity index (χ3v) is 4.07. The van der Waals surface area contributed by atoms with Gasteiger partial charge in [-0.2, -0.15) is 0 Å². The molecule has 1 aromatic carbocycles. The number of carboxylic acids is 1. The molecule has 1 aromatic rings. The van der Waals surface area contributed by atoms with E-state index < -0.39 is 16.0 Å². The minimum atomic E-state index is -3.55. The third-order valence-electron chi connectivity index (χ3n) is 2.46. The normalized spacial score (nSPS) is 11.9. The van der Waals surface area contributed by atoms with Gasteiger partial charge in [0.1, 0.15) is 0 Å². The van der Waals surface area contributed by atoms with Crippen LogP contribution in [-0.4, -0.2) is 26.0 Å². The minimum absolute atomic E-state index is 0.175. The lowest BCUT2D eigenvalue weighted by atomic mass is 10.1. The van der Waals surface area contributed by atoms with Crippen LogP contribution in [0.5, 0.6) is 0 Å². The van der Waals surface area contributed by atoms with E-state index >= 15 is 0 Å². The zero-order valence-electron chi connectivity index (χ0n) is 10.9. The van der Waals surface area contributed by atoms with Crippen molar-refractivity contribution < 1.29 is 18.3 Å². The summed E-state index contributed by atoms with van der Waals surface area (Å²) in [5.74, 6) is -1.07. The number of benzene rings is 1. The number of rotatable bonds is 6. The van der Waals surface area contributed by atoms with Crippen molar-refractivity contribution in [2.45, 2.75) is 25.2 Å². The van der Waals surface area contributed by atoms with Gasteiger partial charge in [-0.1, -0.05) is 19.1 Å². The van der Waals surface area contributed by atoms with E-state index in [1.54, 1.807) is 19.1 Å². The highest BCUT2D eigenvalue weighted by molar-refractivity contribution is 7.89. The van der Waals surface area contributed by atoms with Crippen molar-refractivity contribution in [3.63, 3.8) is 0 Å². The number of carboxylic acid groups (broad SMARTS) is 1. The molecule has 0 saturated carbocycles. The van der Waals surface area contributed by atoms with E-state index in [4.69, 9.17) is 5.11 Å². The molecule has 0 aliphatic carbocycles. The molecule has 0 aliphatic rings. The van der Waals surface area contributed by atoms with Crippen LogP contribution in [0.15, 0.2) is 29.2 Å². The molecule has 0 saturated heterocycles. The molecule has 19 heavy (non-hydrogen) atoms. The van der Waals surface area contributed by atoms with Crippen molar-refractivity contribution in [3.05, 3.63) is 35.4 Å². The predicted molar refractivity (Wildman–Crippen MR) is 73.3 cm³/mol. The van der Waals surface area contributed by atoms with Crippen LogP contribution in [-0.2, 0) is 14.8 Å². The molecule has 0 aliphatic heterocycles. The fraction of sp³-hybridized carbons (Fsp3) is 0.308. The lowest BCUT2D eigenvalue weighted by Gasteiger charge is -2.09. The van der Waals surface area contributed by atoms with Crippen molar-refractivity contribution in [2.75, 3.05) is 6.54 Å². The van der Waals surface area contributed by atoms with Crippen LogP contribution in [0.1, 0.15) is 24.5 Å². The molecule has 0 bridgehead atoms. The largest absolute Gasteiger partial charge is 0.478 e. The minimum Gasteiger partial charge on any atom is -0.478 e. The molecule has 0 spiro atoms. The number of sulfonamides is 1. The number of nitrogens with one attached hydrogen (secondary N) is 1. The van der Waals surface area contributed by atoms with Crippen LogP contribution in [0.25, 0.3) is 6.08 Å². The predicted octanol–water partition coefficient (Wildman–Crippen LogP) is 1.78. The number of aliphatic carboxylic acids is 1. The Hall–Kier alpha value is -1.66. The molecule has 6 heteroatoms. The Labute approximate surface area is 113 Å². The van der Waals surface area contributed by atoms with Crippen LogP contribution in [0.4, 0.5) is 0 Å². The van der Waals surface area contributed by atoms with Gasteiger partial charge >= 0.3 is 5.97 Å². The van der Waals surface area contributed by atoms with Gasteiger partial charge in [-0.15, -0.1) is 0 Å². The zero-order chi connectivity index (χ0) is 14.5.